The average molecular weight is 351 g/mol. The quantitative estimate of drug-likeness (QED) is 0.771. The summed E-state index contributed by atoms with van der Waals surface area (Å²) < 4.78 is 0. The van der Waals surface area contributed by atoms with Crippen molar-refractivity contribution in [2.75, 3.05) is 17.2 Å². The molecule has 1 aliphatic rings. The second-order valence-corrected chi connectivity index (χ2v) is 6.78. The normalized spacial score (nSPS) is 15.7. The minimum absolute atomic E-state index is 0.0315. The van der Waals surface area contributed by atoms with Crippen LogP contribution in [0.5, 0.6) is 0 Å². The lowest BCUT2D eigenvalue weighted by atomic mass is 9.88. The summed E-state index contributed by atoms with van der Waals surface area (Å²) >= 11 is 0. The van der Waals surface area contributed by atoms with Gasteiger partial charge in [0.1, 0.15) is 0 Å². The third-order valence-corrected chi connectivity index (χ3v) is 4.70. The fourth-order valence-corrected chi connectivity index (χ4v) is 3.42. The first kappa shape index (κ1) is 18.0. The molecular weight excluding hydrogens is 326 g/mol. The molecule has 0 fully saturated rings. The van der Waals surface area contributed by atoms with E-state index < -0.39 is 0 Å². The maximum atomic E-state index is 12.4. The smallest absolute Gasteiger partial charge is 0.239 e. The molecule has 0 spiro atoms. The Hall–Kier alpha value is -2.82. The minimum Gasteiger partial charge on any atom is -0.376 e. The van der Waals surface area contributed by atoms with Crippen LogP contribution in [0.1, 0.15) is 42.5 Å². The number of nitrogens with one attached hydrogen (secondary N) is 3. The largest absolute Gasteiger partial charge is 0.376 e. The van der Waals surface area contributed by atoms with Crippen molar-refractivity contribution in [3.05, 3.63) is 59.2 Å². The molecular formula is C21H25N3O2. The average Bonchev–Trinajstić information content (AvgIpc) is 2.62. The maximum absolute atomic E-state index is 12.4. The van der Waals surface area contributed by atoms with E-state index in [9.17, 15) is 9.59 Å². The SMILES string of the molecule is CC(=O)Nc1ccc(C)c(NCC(=O)NC2CCCc3ccccc32)c1. The number of rotatable bonds is 5. The molecule has 0 heterocycles. The molecule has 1 aliphatic carbocycles. The van der Waals surface area contributed by atoms with E-state index in [2.05, 4.69) is 34.1 Å². The van der Waals surface area contributed by atoms with Crippen LogP contribution in [0, 0.1) is 6.92 Å². The predicted octanol–water partition coefficient (Wildman–Crippen LogP) is 3.56. The highest BCUT2D eigenvalue weighted by atomic mass is 16.2. The van der Waals surface area contributed by atoms with Crippen molar-refractivity contribution in [1.29, 1.82) is 0 Å². The van der Waals surface area contributed by atoms with Crippen LogP contribution < -0.4 is 16.0 Å². The Morgan fingerprint density at radius 1 is 1.15 bits per heavy atom. The molecule has 1 atom stereocenters. The fourth-order valence-electron chi connectivity index (χ4n) is 3.42. The van der Waals surface area contributed by atoms with E-state index in [1.54, 1.807) is 0 Å². The molecule has 0 radical (unpaired) electrons. The van der Waals surface area contributed by atoms with E-state index in [1.165, 1.54) is 18.1 Å². The van der Waals surface area contributed by atoms with Crippen LogP contribution in [-0.4, -0.2) is 18.4 Å². The molecule has 2 aromatic rings. The molecule has 5 nitrogen and oxygen atoms in total. The molecule has 0 bridgehead atoms. The van der Waals surface area contributed by atoms with Gasteiger partial charge in [0.05, 0.1) is 12.6 Å². The van der Waals surface area contributed by atoms with Crippen LogP contribution in [0.15, 0.2) is 42.5 Å². The van der Waals surface area contributed by atoms with Crippen molar-refractivity contribution in [1.82, 2.24) is 5.32 Å². The first-order valence-corrected chi connectivity index (χ1v) is 9.02. The van der Waals surface area contributed by atoms with Crippen molar-refractivity contribution >= 4 is 23.2 Å². The Kier molecular flexibility index (Phi) is 5.56. The van der Waals surface area contributed by atoms with Gasteiger partial charge >= 0.3 is 0 Å². The zero-order valence-electron chi connectivity index (χ0n) is 15.3. The van der Waals surface area contributed by atoms with Gasteiger partial charge in [0, 0.05) is 18.3 Å². The number of anilines is 2. The molecule has 0 saturated heterocycles. The van der Waals surface area contributed by atoms with Crippen LogP contribution in [0.25, 0.3) is 0 Å². The Morgan fingerprint density at radius 3 is 2.77 bits per heavy atom. The van der Waals surface area contributed by atoms with Gasteiger partial charge in [0.15, 0.2) is 0 Å². The Balaban J connectivity index is 1.61. The molecule has 26 heavy (non-hydrogen) atoms. The summed E-state index contributed by atoms with van der Waals surface area (Å²) in [6.45, 7) is 3.64. The lowest BCUT2D eigenvalue weighted by Crippen LogP contribution is -2.35. The standard InChI is InChI=1S/C21H25N3O2/c1-14-10-11-17(23-15(2)25)12-20(14)22-13-21(26)24-19-9-5-7-16-6-3-4-8-18(16)19/h3-4,6,8,10-12,19,22H,5,7,9,13H2,1-2H3,(H,23,25)(H,24,26). The predicted molar refractivity (Wildman–Crippen MR) is 104 cm³/mol. The lowest BCUT2D eigenvalue weighted by molar-refractivity contribution is -0.120. The van der Waals surface area contributed by atoms with E-state index >= 15 is 0 Å². The summed E-state index contributed by atoms with van der Waals surface area (Å²) in [5.41, 5.74) is 5.14. The molecule has 0 aliphatic heterocycles. The highest BCUT2D eigenvalue weighted by Crippen LogP contribution is 2.29. The van der Waals surface area contributed by atoms with Crippen molar-refractivity contribution in [3.8, 4) is 0 Å². The summed E-state index contributed by atoms with van der Waals surface area (Å²) in [5, 5.41) is 9.07. The first-order valence-electron chi connectivity index (χ1n) is 9.02. The number of aryl methyl sites for hydroxylation is 2. The Morgan fingerprint density at radius 2 is 1.96 bits per heavy atom. The number of hydrogen-bond donors (Lipinski definition) is 3. The van der Waals surface area contributed by atoms with Crippen LogP contribution in [0.3, 0.4) is 0 Å². The number of benzene rings is 2. The molecule has 3 N–H and O–H groups in total. The third-order valence-electron chi connectivity index (χ3n) is 4.70. The van der Waals surface area contributed by atoms with E-state index in [1.807, 2.05) is 31.2 Å². The van der Waals surface area contributed by atoms with E-state index in [-0.39, 0.29) is 24.4 Å². The van der Waals surface area contributed by atoms with E-state index in [4.69, 9.17) is 0 Å². The number of amides is 2. The fraction of sp³-hybridized carbons (Fsp3) is 0.333. The highest BCUT2D eigenvalue weighted by molar-refractivity contribution is 5.89. The van der Waals surface area contributed by atoms with Gasteiger partial charge in [-0.25, -0.2) is 0 Å². The number of hydrogen-bond acceptors (Lipinski definition) is 3. The molecule has 1 unspecified atom stereocenters. The molecule has 136 valence electrons. The van der Waals surface area contributed by atoms with Gasteiger partial charge in [-0.05, 0) is 55.0 Å². The monoisotopic (exact) mass is 351 g/mol. The third kappa shape index (κ3) is 4.42. The molecule has 5 heteroatoms. The van der Waals surface area contributed by atoms with Gasteiger partial charge < -0.3 is 16.0 Å². The molecule has 2 aromatic carbocycles. The van der Waals surface area contributed by atoms with Gasteiger partial charge in [-0.2, -0.15) is 0 Å². The van der Waals surface area contributed by atoms with Crippen LogP contribution in [0.4, 0.5) is 11.4 Å². The zero-order valence-corrected chi connectivity index (χ0v) is 15.3. The summed E-state index contributed by atoms with van der Waals surface area (Å²) in [5.74, 6) is -0.149. The summed E-state index contributed by atoms with van der Waals surface area (Å²) in [7, 11) is 0. The molecule has 2 amide bonds. The highest BCUT2D eigenvalue weighted by Gasteiger charge is 2.21. The number of carbonyl (C=O) groups is 2. The van der Waals surface area contributed by atoms with Crippen LogP contribution >= 0.6 is 0 Å². The summed E-state index contributed by atoms with van der Waals surface area (Å²) in [6.07, 6.45) is 3.14. The van der Waals surface area contributed by atoms with Crippen molar-refractivity contribution < 1.29 is 9.59 Å². The second-order valence-electron chi connectivity index (χ2n) is 6.78. The lowest BCUT2D eigenvalue weighted by Gasteiger charge is -2.26. The maximum Gasteiger partial charge on any atom is 0.239 e. The molecule has 0 aromatic heterocycles. The number of carbonyl (C=O) groups excluding carboxylic acids is 2. The van der Waals surface area contributed by atoms with Gasteiger partial charge in [0.25, 0.3) is 0 Å². The molecule has 0 saturated carbocycles. The molecule has 3 rings (SSSR count). The van der Waals surface area contributed by atoms with Gasteiger partial charge in [-0.1, -0.05) is 30.3 Å². The number of fused-ring (bicyclic) bond motifs is 1. The minimum atomic E-state index is -0.117. The van der Waals surface area contributed by atoms with Crippen LogP contribution in [-0.2, 0) is 16.0 Å². The van der Waals surface area contributed by atoms with E-state index in [0.717, 1.165) is 30.5 Å². The summed E-state index contributed by atoms with van der Waals surface area (Å²) in [6, 6.07) is 14.0. The van der Waals surface area contributed by atoms with Crippen molar-refractivity contribution in [3.63, 3.8) is 0 Å². The Bertz CT molecular complexity index is 817. The first-order chi connectivity index (χ1) is 12.5. The Labute approximate surface area is 154 Å². The second kappa shape index (κ2) is 8.04. The topological polar surface area (TPSA) is 70.2 Å². The van der Waals surface area contributed by atoms with Crippen molar-refractivity contribution in [2.24, 2.45) is 0 Å². The van der Waals surface area contributed by atoms with Crippen molar-refractivity contribution in [2.45, 2.75) is 39.2 Å². The van der Waals surface area contributed by atoms with E-state index in [0.29, 0.717) is 5.69 Å². The van der Waals surface area contributed by atoms with Crippen LogP contribution in [0.2, 0.25) is 0 Å². The zero-order chi connectivity index (χ0) is 18.5. The summed E-state index contributed by atoms with van der Waals surface area (Å²) in [4.78, 5) is 23.6. The van der Waals surface area contributed by atoms with Gasteiger partial charge in [0.2, 0.25) is 11.8 Å². The van der Waals surface area contributed by atoms with Gasteiger partial charge in [-0.15, -0.1) is 0 Å². The van der Waals surface area contributed by atoms with Gasteiger partial charge in [-0.3, -0.25) is 9.59 Å².